The number of ketones is 1. The molecule has 0 atom stereocenters. The van der Waals surface area contributed by atoms with Gasteiger partial charge in [-0.05, 0) is 47.8 Å². The molecule has 0 bridgehead atoms. The number of amides is 1. The van der Waals surface area contributed by atoms with Crippen molar-refractivity contribution in [3.63, 3.8) is 0 Å². The summed E-state index contributed by atoms with van der Waals surface area (Å²) in [4.78, 5) is 25.2. The molecule has 1 heterocycles. The molecule has 1 aromatic rings. The van der Waals surface area contributed by atoms with E-state index in [9.17, 15) is 9.59 Å². The van der Waals surface area contributed by atoms with Gasteiger partial charge in [-0.2, -0.15) is 4.79 Å². The Bertz CT molecular complexity index is 597. The van der Waals surface area contributed by atoms with Gasteiger partial charge >= 0.3 is 11.9 Å². The fourth-order valence-corrected chi connectivity index (χ4v) is 3.57. The van der Waals surface area contributed by atoms with Crippen LogP contribution in [0.4, 0.5) is 4.79 Å². The Hall–Kier alpha value is -1.41. The number of Topliss-reactive ketones (excluding diaryl/α,β-unsaturated/α-hetero) is 1. The summed E-state index contributed by atoms with van der Waals surface area (Å²) < 4.78 is 11.7. The molecule has 1 aliphatic carbocycles. The summed E-state index contributed by atoms with van der Waals surface area (Å²) >= 11 is 1.33. The summed E-state index contributed by atoms with van der Waals surface area (Å²) in [5.41, 5.74) is 0. The molecule has 7 nitrogen and oxygen atoms in total. The van der Waals surface area contributed by atoms with Crippen molar-refractivity contribution in [2.45, 2.75) is 70.1 Å². The highest BCUT2D eigenvalue weighted by Gasteiger charge is 2.33. The first-order chi connectivity index (χ1) is 12.5. The number of hydrogen-bond donors (Lipinski definition) is 1. The Morgan fingerprint density at radius 2 is 2.08 bits per heavy atom. The molecule has 26 heavy (non-hydrogen) atoms. The first-order valence-corrected chi connectivity index (χ1v) is 10.4. The van der Waals surface area contributed by atoms with Gasteiger partial charge in [0.15, 0.2) is 0 Å². The molecule has 1 aliphatic rings. The van der Waals surface area contributed by atoms with Gasteiger partial charge in [-0.25, -0.2) is 5.32 Å². The summed E-state index contributed by atoms with van der Waals surface area (Å²) in [6.07, 6.45) is 6.47. The number of methoxy groups -OCH3 is 1. The zero-order chi connectivity index (χ0) is 18.9. The summed E-state index contributed by atoms with van der Waals surface area (Å²) in [5, 5.41) is 7.53. The lowest BCUT2D eigenvalue weighted by Gasteiger charge is -2.17. The molecule has 1 N–H and O–H groups in total. The van der Waals surface area contributed by atoms with E-state index >= 15 is 0 Å². The Kier molecular flexibility index (Phi) is 8.58. The zero-order valence-corrected chi connectivity index (χ0v) is 16.8. The normalized spacial score (nSPS) is 15.4. The van der Waals surface area contributed by atoms with Crippen LogP contribution in [-0.2, 0) is 4.74 Å². The minimum atomic E-state index is -0.382. The first kappa shape index (κ1) is 20.9. The highest BCUT2D eigenvalue weighted by Crippen LogP contribution is 2.19. The van der Waals surface area contributed by atoms with E-state index in [2.05, 4.69) is 24.3 Å². The highest BCUT2D eigenvalue weighted by molar-refractivity contribution is 7.99. The van der Waals surface area contributed by atoms with E-state index in [0.29, 0.717) is 29.9 Å². The van der Waals surface area contributed by atoms with Gasteiger partial charge in [-0.3, -0.25) is 4.79 Å². The molecule has 8 heteroatoms. The number of hydrogen-bond acceptors (Lipinski definition) is 6. The number of carbonyl (C=O) groups is 2. The van der Waals surface area contributed by atoms with Crippen LogP contribution in [0.2, 0.25) is 0 Å². The van der Waals surface area contributed by atoms with E-state index in [-0.39, 0.29) is 23.7 Å². The van der Waals surface area contributed by atoms with Gasteiger partial charge in [-0.15, -0.1) is 0 Å². The molecule has 1 aromatic heterocycles. The largest absolute Gasteiger partial charge is 0.520 e. The molecule has 1 saturated carbocycles. The Balaban J connectivity index is 2.11. The molecule has 0 aliphatic heterocycles. The predicted octanol–water partition coefficient (Wildman–Crippen LogP) is 3.21. The van der Waals surface area contributed by atoms with Gasteiger partial charge in [0.1, 0.15) is 0 Å². The third-order valence-corrected chi connectivity index (χ3v) is 5.17. The number of thioether (sulfide) groups is 1. The molecule has 0 spiro atoms. The summed E-state index contributed by atoms with van der Waals surface area (Å²) in [5.74, 6) is 0.866. The molecule has 2 rings (SSSR count). The molecule has 0 saturated heterocycles. The quantitative estimate of drug-likeness (QED) is 0.305. The van der Waals surface area contributed by atoms with Gasteiger partial charge in [-0.1, -0.05) is 32.0 Å². The maximum atomic E-state index is 12.7. The Morgan fingerprint density at radius 1 is 1.35 bits per heavy atom. The lowest BCUT2D eigenvalue weighted by molar-refractivity contribution is -0.640. The second-order valence-electron chi connectivity index (χ2n) is 7.07. The van der Waals surface area contributed by atoms with E-state index in [0.717, 1.165) is 36.8 Å². The highest BCUT2D eigenvalue weighted by atomic mass is 32.2. The topological polar surface area (TPSA) is 85.3 Å². The summed E-state index contributed by atoms with van der Waals surface area (Å²) in [6.45, 7) is 4.66. The SMILES string of the molecule is COCCSc1n[n+](C(=O)NC2CCCCC2)c(C(=O)CCC(C)C)o1. The van der Waals surface area contributed by atoms with Gasteiger partial charge in [0.05, 0.1) is 12.6 Å². The molecule has 0 radical (unpaired) electrons. The molecule has 1 fully saturated rings. The van der Waals surface area contributed by atoms with Gasteiger partial charge in [0.25, 0.3) is 5.22 Å². The van der Waals surface area contributed by atoms with Crippen molar-refractivity contribution in [1.29, 1.82) is 0 Å². The van der Waals surface area contributed by atoms with Crippen LogP contribution < -0.4 is 10.00 Å². The van der Waals surface area contributed by atoms with Crippen LogP contribution >= 0.6 is 11.8 Å². The molecular formula is C18H30N3O4S+. The smallest absolute Gasteiger partial charge is 0.390 e. The predicted molar refractivity (Wildman–Crippen MR) is 98.5 cm³/mol. The number of ether oxygens (including phenoxy) is 1. The van der Waals surface area contributed by atoms with Crippen molar-refractivity contribution in [2.24, 2.45) is 5.92 Å². The van der Waals surface area contributed by atoms with Gasteiger partial charge < -0.3 is 9.15 Å². The number of nitrogens with zero attached hydrogens (tertiary/aromatic N) is 2. The van der Waals surface area contributed by atoms with E-state index in [1.54, 1.807) is 7.11 Å². The van der Waals surface area contributed by atoms with Crippen LogP contribution in [0.1, 0.15) is 69.5 Å². The average Bonchev–Trinajstić information content (AvgIpc) is 3.05. The van der Waals surface area contributed by atoms with Crippen LogP contribution in [0, 0.1) is 5.92 Å². The lowest BCUT2D eigenvalue weighted by Crippen LogP contribution is -2.57. The van der Waals surface area contributed by atoms with Crippen molar-refractivity contribution in [3.8, 4) is 0 Å². The van der Waals surface area contributed by atoms with Crippen LogP contribution in [0.25, 0.3) is 0 Å². The van der Waals surface area contributed by atoms with Crippen molar-refractivity contribution < 1.29 is 23.4 Å². The minimum Gasteiger partial charge on any atom is -0.390 e. The Morgan fingerprint density at radius 3 is 2.73 bits per heavy atom. The maximum absolute atomic E-state index is 12.7. The van der Waals surface area contributed by atoms with Crippen LogP contribution in [0.3, 0.4) is 0 Å². The molecule has 146 valence electrons. The Labute approximate surface area is 159 Å². The molecule has 1 amide bonds. The van der Waals surface area contributed by atoms with Gasteiger partial charge in [0.2, 0.25) is 5.78 Å². The van der Waals surface area contributed by atoms with Crippen LogP contribution in [0.5, 0.6) is 0 Å². The van der Waals surface area contributed by atoms with Crippen molar-refractivity contribution in [2.75, 3.05) is 19.5 Å². The standard InChI is InChI=1S/C18H29N3O4S/c1-13(2)9-10-15(22)16-21(20-18(25-16)26-12-11-24-3)17(23)19-14-7-5-4-6-8-14/h13-14H,4-12H2,1-3H3/p+1. The van der Waals surface area contributed by atoms with Crippen LogP contribution in [0.15, 0.2) is 9.64 Å². The zero-order valence-electron chi connectivity index (χ0n) is 16.0. The lowest BCUT2D eigenvalue weighted by atomic mass is 9.96. The summed E-state index contributed by atoms with van der Waals surface area (Å²) in [7, 11) is 1.62. The van der Waals surface area contributed by atoms with E-state index in [1.807, 2.05) is 0 Å². The van der Waals surface area contributed by atoms with E-state index in [1.165, 1.54) is 18.2 Å². The summed E-state index contributed by atoms with van der Waals surface area (Å²) in [6, 6.07) is -0.240. The number of carbonyl (C=O) groups excluding carboxylic acids is 2. The van der Waals surface area contributed by atoms with Crippen molar-refractivity contribution >= 4 is 23.6 Å². The number of aromatic nitrogens is 2. The molecular weight excluding hydrogens is 354 g/mol. The third-order valence-electron chi connectivity index (χ3n) is 4.38. The third kappa shape index (κ3) is 6.39. The average molecular weight is 385 g/mol. The van der Waals surface area contributed by atoms with Crippen LogP contribution in [-0.4, -0.2) is 42.4 Å². The van der Waals surface area contributed by atoms with Gasteiger partial charge in [0, 0.05) is 19.3 Å². The number of nitrogens with one attached hydrogen (secondary N) is 1. The monoisotopic (exact) mass is 384 g/mol. The molecule has 0 aromatic carbocycles. The minimum absolute atomic E-state index is 0.0128. The maximum Gasteiger partial charge on any atom is 0.520 e. The first-order valence-electron chi connectivity index (χ1n) is 9.40. The molecule has 0 unspecified atom stereocenters. The second-order valence-corrected chi connectivity index (χ2v) is 8.11. The second kappa shape index (κ2) is 10.7. The number of rotatable bonds is 9. The fraction of sp³-hybridized carbons (Fsp3) is 0.778. The fourth-order valence-electron chi connectivity index (χ4n) is 2.87. The van der Waals surface area contributed by atoms with Crippen molar-refractivity contribution in [3.05, 3.63) is 5.89 Å². The van der Waals surface area contributed by atoms with E-state index < -0.39 is 0 Å². The van der Waals surface area contributed by atoms with Crippen molar-refractivity contribution in [1.82, 2.24) is 10.4 Å². The van der Waals surface area contributed by atoms with E-state index in [4.69, 9.17) is 9.15 Å².